The molecule has 0 saturated heterocycles. The maximum atomic E-state index is 4.94. The number of hydrogen-bond donors (Lipinski definition) is 0. The Labute approximate surface area is 229 Å². The Balaban J connectivity index is 1.53. The summed E-state index contributed by atoms with van der Waals surface area (Å²) < 4.78 is 4.77. The number of pyridine rings is 3. The van der Waals surface area contributed by atoms with E-state index in [0.29, 0.717) is 0 Å². The summed E-state index contributed by atoms with van der Waals surface area (Å²) in [5.74, 6) is 0.891. The van der Waals surface area contributed by atoms with Crippen LogP contribution in [-0.2, 0) is 0 Å². The molecule has 0 aliphatic rings. The molecule has 9 aromatic rings. The van der Waals surface area contributed by atoms with E-state index in [0.717, 1.165) is 22.5 Å². The molecule has 0 amide bonds. The molecule has 5 aromatic heterocycles. The molecule has 0 fully saturated rings. The normalized spacial score (nSPS) is 12.0. The zero-order valence-electron chi connectivity index (χ0n) is 21.5. The zero-order valence-corrected chi connectivity index (χ0v) is 21.5. The molecule has 0 saturated carbocycles. The van der Waals surface area contributed by atoms with Crippen molar-refractivity contribution >= 4 is 59.9 Å². The Morgan fingerprint density at radius 2 is 1.25 bits per heavy atom. The molecule has 0 spiro atoms. The summed E-state index contributed by atoms with van der Waals surface area (Å²) in [6.45, 7) is 0. The van der Waals surface area contributed by atoms with E-state index >= 15 is 0 Å². The lowest BCUT2D eigenvalue weighted by Gasteiger charge is -2.14. The van der Waals surface area contributed by atoms with Crippen LogP contribution in [0, 0.1) is 0 Å². The zero-order chi connectivity index (χ0) is 26.2. The van der Waals surface area contributed by atoms with E-state index in [1.54, 1.807) is 0 Å². The standard InChI is InChI=1S/C36H22N4/c1-4-12-30-24(8-1)20-33-35-28(26-10-2-5-13-31(26)39(30)33)15-16-29-27-11-3-6-14-32(27)40(36(29)35)34-21-23(17-19-38-34)25-9-7-18-37-22-25/h1-22H. The van der Waals surface area contributed by atoms with Crippen LogP contribution in [0.3, 0.4) is 0 Å². The number of benzene rings is 4. The largest absolute Gasteiger partial charge is 0.309 e. The highest BCUT2D eigenvalue weighted by molar-refractivity contribution is 6.28. The fraction of sp³-hybridized carbons (Fsp3) is 0. The summed E-state index contributed by atoms with van der Waals surface area (Å²) >= 11 is 0. The van der Waals surface area contributed by atoms with Crippen molar-refractivity contribution in [2.24, 2.45) is 0 Å². The highest BCUT2D eigenvalue weighted by Gasteiger charge is 2.20. The van der Waals surface area contributed by atoms with E-state index in [1.165, 1.54) is 54.4 Å². The van der Waals surface area contributed by atoms with Gasteiger partial charge in [0.05, 0.1) is 27.6 Å². The third-order valence-corrected chi connectivity index (χ3v) is 8.21. The molecule has 40 heavy (non-hydrogen) atoms. The second-order valence-electron chi connectivity index (χ2n) is 10.3. The topological polar surface area (TPSA) is 35.1 Å². The lowest BCUT2D eigenvalue weighted by atomic mass is 10.0. The summed E-state index contributed by atoms with van der Waals surface area (Å²) in [6, 6.07) is 41.3. The molecule has 9 rings (SSSR count). The van der Waals surface area contributed by atoms with E-state index in [9.17, 15) is 0 Å². The quantitative estimate of drug-likeness (QED) is 0.218. The fourth-order valence-corrected chi connectivity index (χ4v) is 6.53. The second-order valence-corrected chi connectivity index (χ2v) is 10.3. The third-order valence-electron chi connectivity index (χ3n) is 8.21. The average Bonchev–Trinajstić information content (AvgIpc) is 3.58. The van der Waals surface area contributed by atoms with Gasteiger partial charge in [0.25, 0.3) is 0 Å². The highest BCUT2D eigenvalue weighted by atomic mass is 15.1. The van der Waals surface area contributed by atoms with Crippen molar-refractivity contribution in [2.75, 3.05) is 0 Å². The van der Waals surface area contributed by atoms with Crippen molar-refractivity contribution in [1.29, 1.82) is 0 Å². The van der Waals surface area contributed by atoms with E-state index in [1.807, 2.05) is 24.7 Å². The lowest BCUT2D eigenvalue weighted by Crippen LogP contribution is -1.99. The van der Waals surface area contributed by atoms with Crippen LogP contribution in [0.4, 0.5) is 0 Å². The van der Waals surface area contributed by atoms with E-state index in [-0.39, 0.29) is 0 Å². The van der Waals surface area contributed by atoms with Gasteiger partial charge in [0.1, 0.15) is 5.82 Å². The molecule has 5 heterocycles. The lowest BCUT2D eigenvalue weighted by molar-refractivity contribution is 1.08. The van der Waals surface area contributed by atoms with Gasteiger partial charge in [-0.25, -0.2) is 4.98 Å². The monoisotopic (exact) mass is 510 g/mol. The summed E-state index contributed by atoms with van der Waals surface area (Å²) in [5.41, 5.74) is 8.11. The molecule has 0 aliphatic heterocycles. The summed E-state index contributed by atoms with van der Waals surface area (Å²) in [4.78, 5) is 9.28. The maximum absolute atomic E-state index is 4.94. The molecule has 186 valence electrons. The van der Waals surface area contributed by atoms with Gasteiger partial charge in [0.2, 0.25) is 0 Å². The van der Waals surface area contributed by atoms with Crippen molar-refractivity contribution in [3.05, 3.63) is 134 Å². The first-order valence-corrected chi connectivity index (χ1v) is 13.5. The summed E-state index contributed by atoms with van der Waals surface area (Å²) in [6.07, 6.45) is 5.62. The molecule has 0 unspecified atom stereocenters. The van der Waals surface area contributed by atoms with Gasteiger partial charge < -0.3 is 4.40 Å². The minimum Gasteiger partial charge on any atom is -0.309 e. The van der Waals surface area contributed by atoms with Gasteiger partial charge in [0, 0.05) is 51.1 Å². The van der Waals surface area contributed by atoms with Gasteiger partial charge in [-0.2, -0.15) is 0 Å². The van der Waals surface area contributed by atoms with Gasteiger partial charge in [-0.1, -0.05) is 72.8 Å². The Morgan fingerprint density at radius 1 is 0.500 bits per heavy atom. The van der Waals surface area contributed by atoms with Crippen molar-refractivity contribution in [2.45, 2.75) is 0 Å². The van der Waals surface area contributed by atoms with Crippen molar-refractivity contribution < 1.29 is 0 Å². The predicted octanol–water partition coefficient (Wildman–Crippen LogP) is 8.95. The number of rotatable bonds is 2. The summed E-state index contributed by atoms with van der Waals surface area (Å²) in [5, 5.41) is 7.39. The molecule has 0 aliphatic carbocycles. The Bertz CT molecular complexity index is 2430. The van der Waals surface area contributed by atoms with Crippen molar-refractivity contribution in [3.63, 3.8) is 0 Å². The molecular formula is C36H22N4. The van der Waals surface area contributed by atoms with Crippen LogP contribution in [0.1, 0.15) is 0 Å². The fourth-order valence-electron chi connectivity index (χ4n) is 6.53. The first-order valence-electron chi connectivity index (χ1n) is 13.5. The minimum absolute atomic E-state index is 0.891. The van der Waals surface area contributed by atoms with Gasteiger partial charge in [-0.15, -0.1) is 0 Å². The number of fused-ring (bicyclic) bond motifs is 12. The van der Waals surface area contributed by atoms with Crippen LogP contribution in [0.2, 0.25) is 0 Å². The van der Waals surface area contributed by atoms with Gasteiger partial charge in [0.15, 0.2) is 0 Å². The number of nitrogens with zero attached hydrogens (tertiary/aromatic N) is 4. The first kappa shape index (κ1) is 21.5. The number of aromatic nitrogens is 4. The molecule has 4 nitrogen and oxygen atoms in total. The average molecular weight is 511 g/mol. The van der Waals surface area contributed by atoms with Crippen molar-refractivity contribution in [1.82, 2.24) is 18.9 Å². The van der Waals surface area contributed by atoms with Crippen LogP contribution in [-0.4, -0.2) is 18.9 Å². The SMILES string of the molecule is c1cncc(-c2ccnc(-n3c4ccccc4c4ccc5c6ccccc6n6c7ccccc7cc6c5c43)c2)c1. The Kier molecular flexibility index (Phi) is 4.30. The minimum atomic E-state index is 0.891. The van der Waals surface area contributed by atoms with Crippen LogP contribution >= 0.6 is 0 Å². The van der Waals surface area contributed by atoms with E-state index in [2.05, 4.69) is 123 Å². The molecule has 4 aromatic carbocycles. The Morgan fingerprint density at radius 3 is 2.10 bits per heavy atom. The third kappa shape index (κ3) is 2.85. The maximum Gasteiger partial charge on any atom is 0.138 e. The molecule has 0 N–H and O–H groups in total. The first-order chi connectivity index (χ1) is 19.9. The highest BCUT2D eigenvalue weighted by Crippen LogP contribution is 2.42. The smallest absolute Gasteiger partial charge is 0.138 e. The number of hydrogen-bond acceptors (Lipinski definition) is 2. The molecule has 0 bridgehead atoms. The molecule has 0 atom stereocenters. The molecule has 4 heteroatoms. The van der Waals surface area contributed by atoms with Gasteiger partial charge >= 0.3 is 0 Å². The summed E-state index contributed by atoms with van der Waals surface area (Å²) in [7, 11) is 0. The molecule has 0 radical (unpaired) electrons. The van der Waals surface area contributed by atoms with E-state index < -0.39 is 0 Å². The molecular weight excluding hydrogens is 488 g/mol. The van der Waals surface area contributed by atoms with Crippen LogP contribution in [0.15, 0.2) is 134 Å². The van der Waals surface area contributed by atoms with Crippen molar-refractivity contribution in [3.8, 4) is 16.9 Å². The van der Waals surface area contributed by atoms with Crippen LogP contribution < -0.4 is 0 Å². The van der Waals surface area contributed by atoms with Gasteiger partial charge in [-0.3, -0.25) is 9.55 Å². The van der Waals surface area contributed by atoms with Crippen LogP contribution in [0.5, 0.6) is 0 Å². The second kappa shape index (κ2) is 8.01. The van der Waals surface area contributed by atoms with E-state index in [4.69, 9.17) is 4.98 Å². The van der Waals surface area contributed by atoms with Crippen LogP contribution in [0.25, 0.3) is 76.8 Å². The Hall–Kier alpha value is -5.48. The van der Waals surface area contributed by atoms with Gasteiger partial charge in [-0.05, 0) is 53.4 Å². The predicted molar refractivity (Wildman–Crippen MR) is 165 cm³/mol. The number of para-hydroxylation sites is 3.